The van der Waals surface area contributed by atoms with Gasteiger partial charge in [0.15, 0.2) is 0 Å². The lowest BCUT2D eigenvalue weighted by molar-refractivity contribution is 0.147. The van der Waals surface area contributed by atoms with Crippen LogP contribution < -0.4 is 0 Å². The molecule has 2 amide bonds. The lowest BCUT2D eigenvalue weighted by Crippen LogP contribution is -2.35. The first-order valence-corrected chi connectivity index (χ1v) is 2.85. The maximum atomic E-state index is 9.75. The molecule has 0 saturated heterocycles. The number of hydrogen-bond acceptors (Lipinski definition) is 4. The molecule has 0 aliphatic carbocycles. The fourth-order valence-electron chi connectivity index (χ4n) is 0.209. The topological polar surface area (TPSA) is 118 Å². The third kappa shape index (κ3) is 1.99. The van der Waals surface area contributed by atoms with Gasteiger partial charge in [0, 0.05) is 0 Å². The predicted molar refractivity (Wildman–Crippen MR) is 26.8 cm³/mol. The molecule has 0 saturated carbocycles. The van der Waals surface area contributed by atoms with E-state index in [9.17, 15) is 18.4 Å². The minimum absolute atomic E-state index is 0.750. The van der Waals surface area contributed by atoms with Crippen molar-refractivity contribution in [3.63, 3.8) is 0 Å². The van der Waals surface area contributed by atoms with Crippen LogP contribution in [0.3, 0.4) is 0 Å². The molecule has 0 aliphatic rings. The Morgan fingerprint density at radius 2 is 1.60 bits per heavy atom. The van der Waals surface area contributed by atoms with E-state index in [4.69, 9.17) is 10.2 Å². The molecule has 1 unspecified atom stereocenters. The fraction of sp³-hybridized carbons (Fsp3) is 0. The number of nitrogens with zero attached hydrogens (tertiary/aromatic N) is 1. The first kappa shape index (κ1) is 8.85. The molecular formula is C2H2NO6S-. The van der Waals surface area contributed by atoms with Gasteiger partial charge in [0.05, 0.1) is 11.3 Å². The number of imide groups is 1. The molecule has 0 aromatic carbocycles. The van der Waals surface area contributed by atoms with E-state index in [0.29, 0.717) is 0 Å². The highest BCUT2D eigenvalue weighted by molar-refractivity contribution is 7.77. The van der Waals surface area contributed by atoms with E-state index in [1.807, 2.05) is 0 Å². The molecule has 0 aromatic heterocycles. The summed E-state index contributed by atoms with van der Waals surface area (Å²) >= 11 is -3.28. The second kappa shape index (κ2) is 3.13. The molecule has 0 heterocycles. The van der Waals surface area contributed by atoms with Gasteiger partial charge in [-0.3, -0.25) is 4.21 Å². The van der Waals surface area contributed by atoms with Crippen LogP contribution in [0.4, 0.5) is 9.59 Å². The lowest BCUT2D eigenvalue weighted by atomic mass is 11.0. The molecule has 0 aliphatic heterocycles. The summed E-state index contributed by atoms with van der Waals surface area (Å²) in [5.41, 5.74) is 0. The molecule has 1 atom stereocenters. The Morgan fingerprint density at radius 1 is 1.30 bits per heavy atom. The second-order valence-electron chi connectivity index (χ2n) is 1.08. The third-order valence-corrected chi connectivity index (χ3v) is 1.11. The zero-order valence-corrected chi connectivity index (χ0v) is 5.20. The summed E-state index contributed by atoms with van der Waals surface area (Å²) in [6.07, 6.45) is -4.11. The van der Waals surface area contributed by atoms with Gasteiger partial charge in [-0.1, -0.05) is 0 Å². The Bertz CT molecular complexity index is 155. The molecule has 8 heteroatoms. The van der Waals surface area contributed by atoms with Gasteiger partial charge >= 0.3 is 12.2 Å². The fourth-order valence-corrected chi connectivity index (χ4v) is 0.464. The van der Waals surface area contributed by atoms with Gasteiger partial charge in [-0.05, 0) is 0 Å². The quantitative estimate of drug-likeness (QED) is 0.506. The molecule has 0 bridgehead atoms. The summed E-state index contributed by atoms with van der Waals surface area (Å²) in [4.78, 5) is 19.5. The van der Waals surface area contributed by atoms with Crippen molar-refractivity contribution in [3.05, 3.63) is 0 Å². The van der Waals surface area contributed by atoms with Gasteiger partial charge in [-0.25, -0.2) is 9.59 Å². The van der Waals surface area contributed by atoms with Crippen LogP contribution in [0.1, 0.15) is 0 Å². The van der Waals surface area contributed by atoms with E-state index in [2.05, 4.69) is 0 Å². The van der Waals surface area contributed by atoms with Crippen LogP contribution in [-0.2, 0) is 11.3 Å². The Morgan fingerprint density at radius 3 is 1.60 bits per heavy atom. The van der Waals surface area contributed by atoms with Gasteiger partial charge < -0.3 is 14.8 Å². The predicted octanol–water partition coefficient (Wildman–Crippen LogP) is -0.561. The van der Waals surface area contributed by atoms with Crippen molar-refractivity contribution < 1.29 is 28.6 Å². The Kier molecular flexibility index (Phi) is 2.77. The normalized spacial score (nSPS) is 12.1. The summed E-state index contributed by atoms with van der Waals surface area (Å²) in [5.74, 6) is 0. The highest BCUT2D eigenvalue weighted by atomic mass is 32.2. The van der Waals surface area contributed by atoms with Crippen molar-refractivity contribution in [1.29, 1.82) is 0 Å². The molecule has 0 radical (unpaired) electrons. The van der Waals surface area contributed by atoms with E-state index in [1.54, 1.807) is 0 Å². The number of carbonyl (C=O) groups is 2. The molecule has 0 fully saturated rings. The van der Waals surface area contributed by atoms with Gasteiger partial charge in [-0.2, -0.15) is 0 Å². The van der Waals surface area contributed by atoms with E-state index in [1.165, 1.54) is 0 Å². The zero-order chi connectivity index (χ0) is 8.31. The number of amides is 2. The Hall–Kier alpha value is -1.15. The molecule has 58 valence electrons. The highest BCUT2D eigenvalue weighted by Crippen LogP contribution is 1.92. The van der Waals surface area contributed by atoms with Crippen molar-refractivity contribution in [2.45, 2.75) is 0 Å². The number of rotatable bonds is 1. The summed E-state index contributed by atoms with van der Waals surface area (Å²) in [6, 6.07) is 0. The van der Waals surface area contributed by atoms with Crippen molar-refractivity contribution in [2.75, 3.05) is 0 Å². The average Bonchev–Trinajstić information content (AvgIpc) is 1.59. The van der Waals surface area contributed by atoms with Crippen molar-refractivity contribution in [1.82, 2.24) is 4.31 Å². The molecular weight excluding hydrogens is 166 g/mol. The van der Waals surface area contributed by atoms with Gasteiger partial charge in [0.1, 0.15) is 0 Å². The van der Waals surface area contributed by atoms with Crippen molar-refractivity contribution >= 4 is 23.5 Å². The van der Waals surface area contributed by atoms with E-state index in [0.717, 1.165) is 0 Å². The van der Waals surface area contributed by atoms with Crippen LogP contribution in [0.25, 0.3) is 0 Å². The largest absolute Gasteiger partial charge is 0.754 e. The summed E-state index contributed by atoms with van der Waals surface area (Å²) in [7, 11) is 0. The monoisotopic (exact) mass is 168 g/mol. The first-order valence-electron chi connectivity index (χ1n) is 1.82. The molecule has 7 nitrogen and oxygen atoms in total. The summed E-state index contributed by atoms with van der Waals surface area (Å²) in [5, 5.41) is 15.7. The Balaban J connectivity index is 4.43. The minimum atomic E-state index is -3.28. The van der Waals surface area contributed by atoms with Gasteiger partial charge in [0.25, 0.3) is 0 Å². The average molecular weight is 168 g/mol. The van der Waals surface area contributed by atoms with Crippen LogP contribution in [0.5, 0.6) is 0 Å². The first-order chi connectivity index (χ1) is 4.46. The maximum Gasteiger partial charge on any atom is 0.428 e. The number of carboxylic acid groups (broad SMARTS) is 2. The molecule has 2 N–H and O–H groups in total. The molecule has 0 rings (SSSR count). The van der Waals surface area contributed by atoms with E-state index in [-0.39, 0.29) is 0 Å². The van der Waals surface area contributed by atoms with Crippen molar-refractivity contribution in [2.24, 2.45) is 0 Å². The van der Waals surface area contributed by atoms with Crippen LogP contribution in [0.2, 0.25) is 0 Å². The highest BCUT2D eigenvalue weighted by Gasteiger charge is 2.19. The van der Waals surface area contributed by atoms with Crippen LogP contribution in [-0.4, -0.2) is 35.5 Å². The second-order valence-corrected chi connectivity index (χ2v) is 1.88. The van der Waals surface area contributed by atoms with Crippen molar-refractivity contribution in [3.8, 4) is 0 Å². The van der Waals surface area contributed by atoms with E-state index >= 15 is 0 Å². The van der Waals surface area contributed by atoms with Crippen LogP contribution in [0.15, 0.2) is 0 Å². The lowest BCUT2D eigenvalue weighted by Gasteiger charge is -2.13. The molecule has 0 aromatic rings. The van der Waals surface area contributed by atoms with Crippen LogP contribution >= 0.6 is 0 Å². The summed E-state index contributed by atoms with van der Waals surface area (Å²) in [6.45, 7) is 0. The van der Waals surface area contributed by atoms with Crippen LogP contribution in [0, 0.1) is 0 Å². The Labute approximate surface area is 57.3 Å². The standard InChI is InChI=1S/C2H3NO6S/c4-1(5)3(2(6)7)10(8)9/h(H,4,5)(H,6,7)(H,8,9)/p-1. The third-order valence-electron chi connectivity index (χ3n) is 0.497. The van der Waals surface area contributed by atoms with Gasteiger partial charge in [0.2, 0.25) is 0 Å². The number of hydrogen-bond donors (Lipinski definition) is 2. The molecule has 10 heavy (non-hydrogen) atoms. The minimum Gasteiger partial charge on any atom is -0.754 e. The maximum absolute atomic E-state index is 9.75. The summed E-state index contributed by atoms with van der Waals surface area (Å²) < 4.78 is 18.7. The molecule has 0 spiro atoms. The zero-order valence-electron chi connectivity index (χ0n) is 4.38. The van der Waals surface area contributed by atoms with Gasteiger partial charge in [-0.15, -0.1) is 4.31 Å². The SMILES string of the molecule is O=C(O)N(C(=O)O)S(=O)[O-]. The van der Waals surface area contributed by atoms with E-state index < -0.39 is 27.8 Å². The smallest absolute Gasteiger partial charge is 0.428 e.